The summed E-state index contributed by atoms with van der Waals surface area (Å²) in [6, 6.07) is 4.13. The van der Waals surface area contributed by atoms with Gasteiger partial charge in [0.2, 0.25) is 11.8 Å². The van der Waals surface area contributed by atoms with Crippen molar-refractivity contribution in [3.63, 3.8) is 0 Å². The third-order valence-corrected chi connectivity index (χ3v) is 2.49. The quantitative estimate of drug-likeness (QED) is 0.671. The van der Waals surface area contributed by atoms with Crippen LogP contribution in [0.2, 0.25) is 0 Å². The number of benzene rings is 1. The van der Waals surface area contributed by atoms with E-state index < -0.39 is 23.9 Å². The van der Waals surface area contributed by atoms with Crippen LogP contribution in [0.25, 0.3) is 0 Å². The number of rotatable bonds is 5. The predicted molar refractivity (Wildman–Crippen MR) is 64.9 cm³/mol. The van der Waals surface area contributed by atoms with Crippen LogP contribution in [-0.2, 0) is 16.0 Å². The number of nitrogens with two attached hydrogens (primary N) is 2. The van der Waals surface area contributed by atoms with Crippen LogP contribution in [0.15, 0.2) is 24.3 Å². The van der Waals surface area contributed by atoms with E-state index >= 15 is 0 Å². The Kier molecular flexibility index (Phi) is 4.79. The Labute approximate surface area is 104 Å². The second kappa shape index (κ2) is 6.11. The van der Waals surface area contributed by atoms with E-state index in [1.807, 2.05) is 0 Å². The van der Waals surface area contributed by atoms with Gasteiger partial charge in [-0.3, -0.25) is 9.59 Å². The Hall–Kier alpha value is -1.95. The van der Waals surface area contributed by atoms with Crippen LogP contribution in [-0.4, -0.2) is 23.9 Å². The largest absolute Gasteiger partial charge is 0.368 e. The third-order valence-electron chi connectivity index (χ3n) is 2.49. The maximum Gasteiger partial charge on any atom is 0.239 e. The number of nitrogens with one attached hydrogen (secondary N) is 1. The fourth-order valence-corrected chi connectivity index (χ4v) is 1.36. The summed E-state index contributed by atoms with van der Waals surface area (Å²) < 4.78 is 12.7. The van der Waals surface area contributed by atoms with Gasteiger partial charge in [-0.05, 0) is 31.0 Å². The van der Waals surface area contributed by atoms with Crippen molar-refractivity contribution in [2.24, 2.45) is 11.5 Å². The molecule has 0 radical (unpaired) electrons. The fraction of sp³-hybridized carbons (Fsp3) is 0.333. The van der Waals surface area contributed by atoms with Crippen molar-refractivity contribution < 1.29 is 14.0 Å². The molecule has 98 valence electrons. The van der Waals surface area contributed by atoms with E-state index in [1.165, 1.54) is 19.1 Å². The molecule has 0 saturated carbocycles. The molecular weight excluding hydrogens is 237 g/mol. The summed E-state index contributed by atoms with van der Waals surface area (Å²) >= 11 is 0. The van der Waals surface area contributed by atoms with Gasteiger partial charge >= 0.3 is 0 Å². The highest BCUT2D eigenvalue weighted by atomic mass is 19.1. The maximum absolute atomic E-state index is 12.7. The number of primary amides is 1. The zero-order chi connectivity index (χ0) is 13.7. The van der Waals surface area contributed by atoms with Crippen molar-refractivity contribution in [1.29, 1.82) is 0 Å². The van der Waals surface area contributed by atoms with Gasteiger partial charge in [0.05, 0.1) is 6.04 Å². The smallest absolute Gasteiger partial charge is 0.239 e. The van der Waals surface area contributed by atoms with Crippen LogP contribution in [0, 0.1) is 5.82 Å². The number of carbonyl (C=O) groups excluding carboxylic acids is 2. The van der Waals surface area contributed by atoms with E-state index in [0.29, 0.717) is 0 Å². The Balaban J connectivity index is 2.54. The second-order valence-corrected chi connectivity index (χ2v) is 4.07. The van der Waals surface area contributed by atoms with E-state index in [4.69, 9.17) is 11.5 Å². The molecular formula is C12H16FN3O2. The van der Waals surface area contributed by atoms with Gasteiger partial charge in [-0.25, -0.2) is 4.39 Å². The van der Waals surface area contributed by atoms with Gasteiger partial charge in [0.1, 0.15) is 11.9 Å². The van der Waals surface area contributed by atoms with Crippen molar-refractivity contribution in [3.05, 3.63) is 35.6 Å². The summed E-state index contributed by atoms with van der Waals surface area (Å²) in [7, 11) is 0. The minimum atomic E-state index is -0.808. The van der Waals surface area contributed by atoms with Gasteiger partial charge < -0.3 is 16.8 Å². The molecule has 18 heavy (non-hydrogen) atoms. The average molecular weight is 253 g/mol. The van der Waals surface area contributed by atoms with Crippen molar-refractivity contribution in [2.75, 3.05) is 0 Å². The second-order valence-electron chi connectivity index (χ2n) is 4.07. The van der Waals surface area contributed by atoms with Crippen molar-refractivity contribution in [1.82, 2.24) is 5.32 Å². The molecule has 5 N–H and O–H groups in total. The summed E-state index contributed by atoms with van der Waals surface area (Å²) in [5.41, 5.74) is 11.4. The topological polar surface area (TPSA) is 98.2 Å². The SMILES string of the molecule is CC(NC(=O)C(N)Cc1ccc(F)cc1)C(N)=O. The van der Waals surface area contributed by atoms with Crippen molar-refractivity contribution >= 4 is 11.8 Å². The maximum atomic E-state index is 12.7. The lowest BCUT2D eigenvalue weighted by Gasteiger charge is -2.15. The average Bonchev–Trinajstić information content (AvgIpc) is 2.31. The molecule has 0 spiro atoms. The van der Waals surface area contributed by atoms with Crippen LogP contribution < -0.4 is 16.8 Å². The first kappa shape index (κ1) is 14.1. The van der Waals surface area contributed by atoms with Crippen LogP contribution in [0.1, 0.15) is 12.5 Å². The number of amides is 2. The Bertz CT molecular complexity index is 433. The Morgan fingerprint density at radius 1 is 1.33 bits per heavy atom. The number of hydrogen-bond acceptors (Lipinski definition) is 3. The van der Waals surface area contributed by atoms with Crippen LogP contribution in [0.5, 0.6) is 0 Å². The van der Waals surface area contributed by atoms with Crippen LogP contribution in [0.4, 0.5) is 4.39 Å². The molecule has 0 heterocycles. The summed E-state index contributed by atoms with van der Waals surface area (Å²) in [6.45, 7) is 1.48. The minimum Gasteiger partial charge on any atom is -0.368 e. The zero-order valence-electron chi connectivity index (χ0n) is 10.0. The normalized spacial score (nSPS) is 13.7. The van der Waals surface area contributed by atoms with Crippen LogP contribution in [0.3, 0.4) is 0 Å². The highest BCUT2D eigenvalue weighted by molar-refractivity contribution is 5.88. The van der Waals surface area contributed by atoms with E-state index in [0.717, 1.165) is 5.56 Å². The van der Waals surface area contributed by atoms with Gasteiger partial charge in [-0.15, -0.1) is 0 Å². The molecule has 5 nitrogen and oxygen atoms in total. The number of hydrogen-bond donors (Lipinski definition) is 3. The standard InChI is InChI=1S/C12H16FN3O2/c1-7(11(15)17)16-12(18)10(14)6-8-2-4-9(13)5-3-8/h2-5,7,10H,6,14H2,1H3,(H2,15,17)(H,16,18). The zero-order valence-corrected chi connectivity index (χ0v) is 10.0. The lowest BCUT2D eigenvalue weighted by molar-refractivity contribution is -0.127. The summed E-state index contributed by atoms with van der Waals surface area (Å²) in [4.78, 5) is 22.4. The first-order valence-corrected chi connectivity index (χ1v) is 5.50. The minimum absolute atomic E-state index is 0.262. The molecule has 1 aromatic carbocycles. The molecule has 0 aliphatic carbocycles. The molecule has 6 heteroatoms. The predicted octanol–water partition coefficient (Wildman–Crippen LogP) is -0.314. The molecule has 0 saturated heterocycles. The number of halogens is 1. The molecule has 0 aliphatic rings. The van der Waals surface area contributed by atoms with Gasteiger partial charge in [-0.1, -0.05) is 12.1 Å². The van der Waals surface area contributed by atoms with Crippen molar-refractivity contribution in [3.8, 4) is 0 Å². The van der Waals surface area contributed by atoms with E-state index in [1.54, 1.807) is 12.1 Å². The molecule has 1 aromatic rings. The Morgan fingerprint density at radius 2 is 1.89 bits per heavy atom. The molecule has 0 bridgehead atoms. The molecule has 0 aromatic heterocycles. The highest BCUT2D eigenvalue weighted by Crippen LogP contribution is 2.05. The lowest BCUT2D eigenvalue weighted by Crippen LogP contribution is -2.49. The molecule has 1 rings (SSSR count). The van der Waals surface area contributed by atoms with Gasteiger partial charge in [-0.2, -0.15) is 0 Å². The molecule has 2 unspecified atom stereocenters. The summed E-state index contributed by atoms with van der Waals surface area (Å²) in [5, 5.41) is 2.40. The first-order chi connectivity index (χ1) is 8.40. The Morgan fingerprint density at radius 3 is 2.39 bits per heavy atom. The van der Waals surface area contributed by atoms with Gasteiger partial charge in [0.25, 0.3) is 0 Å². The van der Waals surface area contributed by atoms with E-state index in [-0.39, 0.29) is 12.2 Å². The molecule has 2 amide bonds. The molecule has 0 fully saturated rings. The van der Waals surface area contributed by atoms with Gasteiger partial charge in [0, 0.05) is 0 Å². The van der Waals surface area contributed by atoms with Crippen LogP contribution >= 0.6 is 0 Å². The monoisotopic (exact) mass is 253 g/mol. The van der Waals surface area contributed by atoms with E-state index in [2.05, 4.69) is 5.32 Å². The van der Waals surface area contributed by atoms with Crippen molar-refractivity contribution in [2.45, 2.75) is 25.4 Å². The highest BCUT2D eigenvalue weighted by Gasteiger charge is 2.18. The van der Waals surface area contributed by atoms with E-state index in [9.17, 15) is 14.0 Å². The number of carbonyl (C=O) groups is 2. The third kappa shape index (κ3) is 4.14. The summed E-state index contributed by atoms with van der Waals surface area (Å²) in [5.74, 6) is -1.44. The first-order valence-electron chi connectivity index (χ1n) is 5.50. The molecule has 2 atom stereocenters. The van der Waals surface area contributed by atoms with Gasteiger partial charge in [0.15, 0.2) is 0 Å². The fourth-order valence-electron chi connectivity index (χ4n) is 1.36. The lowest BCUT2D eigenvalue weighted by atomic mass is 10.1. The summed E-state index contributed by atoms with van der Waals surface area (Å²) in [6.07, 6.45) is 0.262. The molecule has 0 aliphatic heterocycles.